The number of esters is 1. The summed E-state index contributed by atoms with van der Waals surface area (Å²) in [6.07, 6.45) is 0. The number of alkyl halides is 2. The van der Waals surface area contributed by atoms with Gasteiger partial charge in [0.1, 0.15) is 0 Å². The van der Waals surface area contributed by atoms with E-state index >= 15 is 0 Å². The van der Waals surface area contributed by atoms with Gasteiger partial charge in [-0.3, -0.25) is 0 Å². The first-order valence-electron chi connectivity index (χ1n) is 4.82. The highest BCUT2D eigenvalue weighted by Gasteiger charge is 2.23. The van der Waals surface area contributed by atoms with Crippen LogP contribution in [-0.4, -0.2) is 25.6 Å². The Bertz CT molecular complexity index is 458. The highest BCUT2D eigenvalue weighted by molar-refractivity contribution is 9.10. The molecule has 0 radical (unpaired) electrons. The molecule has 0 saturated carbocycles. The molecule has 0 amide bonds. The topological polar surface area (TPSA) is 35.5 Å². The molecule has 0 aliphatic heterocycles. The standard InChI is InChI=1S/C11H10BrF3O3/c1-11(14,15)5-18-9-4-7(12)6(3-8(9)13)10(16)17-2/h3-4H,5H2,1-2H3. The number of rotatable bonds is 4. The molecule has 1 aromatic carbocycles. The van der Waals surface area contributed by atoms with Crippen LogP contribution in [0.2, 0.25) is 0 Å². The van der Waals surface area contributed by atoms with Gasteiger partial charge < -0.3 is 9.47 Å². The highest BCUT2D eigenvalue weighted by atomic mass is 79.9. The van der Waals surface area contributed by atoms with Crippen LogP contribution in [0.3, 0.4) is 0 Å². The number of hydrogen-bond donors (Lipinski definition) is 0. The number of benzene rings is 1. The van der Waals surface area contributed by atoms with Crippen molar-refractivity contribution >= 4 is 21.9 Å². The Morgan fingerprint density at radius 3 is 2.56 bits per heavy atom. The number of carbonyl (C=O) groups excluding carboxylic acids is 1. The average Bonchev–Trinajstić information content (AvgIpc) is 2.27. The van der Waals surface area contributed by atoms with E-state index < -0.39 is 24.3 Å². The molecule has 0 fully saturated rings. The van der Waals surface area contributed by atoms with Crippen molar-refractivity contribution in [2.45, 2.75) is 12.8 Å². The summed E-state index contributed by atoms with van der Waals surface area (Å²) in [5.41, 5.74) is -0.0504. The third kappa shape index (κ3) is 3.90. The van der Waals surface area contributed by atoms with Crippen molar-refractivity contribution in [1.29, 1.82) is 0 Å². The van der Waals surface area contributed by atoms with Crippen molar-refractivity contribution in [1.82, 2.24) is 0 Å². The van der Waals surface area contributed by atoms with Crippen LogP contribution in [0, 0.1) is 5.82 Å². The van der Waals surface area contributed by atoms with E-state index in [9.17, 15) is 18.0 Å². The molecule has 18 heavy (non-hydrogen) atoms. The number of hydrogen-bond acceptors (Lipinski definition) is 3. The molecular weight excluding hydrogens is 317 g/mol. The molecule has 1 aromatic rings. The molecule has 3 nitrogen and oxygen atoms in total. The Morgan fingerprint density at radius 1 is 1.44 bits per heavy atom. The summed E-state index contributed by atoms with van der Waals surface area (Å²) in [5, 5.41) is 0. The van der Waals surface area contributed by atoms with Crippen LogP contribution < -0.4 is 4.74 Å². The lowest BCUT2D eigenvalue weighted by Gasteiger charge is -2.13. The smallest absolute Gasteiger partial charge is 0.339 e. The average molecular weight is 327 g/mol. The molecule has 0 atom stereocenters. The predicted octanol–water partition coefficient (Wildman–Crippen LogP) is 3.41. The fraction of sp³-hybridized carbons (Fsp3) is 0.364. The Kier molecular flexibility index (Phi) is 4.61. The third-order valence-corrected chi connectivity index (χ3v) is 2.56. The Labute approximate surface area is 110 Å². The van der Waals surface area contributed by atoms with Crippen molar-refractivity contribution < 1.29 is 27.4 Å². The van der Waals surface area contributed by atoms with Crippen LogP contribution in [0.1, 0.15) is 17.3 Å². The summed E-state index contributed by atoms with van der Waals surface area (Å²) in [6, 6.07) is 1.96. The summed E-state index contributed by atoms with van der Waals surface area (Å²) in [4.78, 5) is 11.2. The van der Waals surface area contributed by atoms with E-state index in [4.69, 9.17) is 0 Å². The minimum absolute atomic E-state index is 0.0504. The number of carbonyl (C=O) groups is 1. The zero-order valence-corrected chi connectivity index (χ0v) is 11.2. The summed E-state index contributed by atoms with van der Waals surface area (Å²) in [6.45, 7) is -0.295. The predicted molar refractivity (Wildman–Crippen MR) is 61.6 cm³/mol. The Balaban J connectivity index is 2.97. The molecule has 100 valence electrons. The maximum absolute atomic E-state index is 13.5. The summed E-state index contributed by atoms with van der Waals surface area (Å²) in [7, 11) is 1.15. The first-order valence-corrected chi connectivity index (χ1v) is 5.62. The molecule has 0 N–H and O–H groups in total. The fourth-order valence-electron chi connectivity index (χ4n) is 1.11. The normalized spacial score (nSPS) is 11.2. The molecule has 0 saturated heterocycles. The number of ether oxygens (including phenoxy) is 2. The van der Waals surface area contributed by atoms with E-state index in [0.29, 0.717) is 6.92 Å². The lowest BCUT2D eigenvalue weighted by Crippen LogP contribution is -2.21. The van der Waals surface area contributed by atoms with Gasteiger partial charge in [0.05, 0.1) is 12.7 Å². The number of methoxy groups -OCH3 is 1. The molecule has 0 aliphatic rings. The van der Waals surface area contributed by atoms with Crippen LogP contribution in [0.15, 0.2) is 16.6 Å². The molecular formula is C11H10BrF3O3. The van der Waals surface area contributed by atoms with Gasteiger partial charge in [-0.25, -0.2) is 18.0 Å². The van der Waals surface area contributed by atoms with Crippen molar-refractivity contribution in [3.63, 3.8) is 0 Å². The van der Waals surface area contributed by atoms with Crippen molar-refractivity contribution in [3.8, 4) is 5.75 Å². The van der Waals surface area contributed by atoms with Crippen molar-refractivity contribution in [2.24, 2.45) is 0 Å². The maximum Gasteiger partial charge on any atom is 0.339 e. The van der Waals surface area contributed by atoms with E-state index in [1.54, 1.807) is 0 Å². The van der Waals surface area contributed by atoms with Gasteiger partial charge in [-0.1, -0.05) is 0 Å². The second-order valence-electron chi connectivity index (χ2n) is 3.61. The molecule has 0 unspecified atom stereocenters. The molecule has 1 rings (SSSR count). The summed E-state index contributed by atoms with van der Waals surface area (Å²) >= 11 is 3.01. The molecule has 0 spiro atoms. The van der Waals surface area contributed by atoms with E-state index in [2.05, 4.69) is 25.4 Å². The lowest BCUT2D eigenvalue weighted by atomic mass is 10.2. The highest BCUT2D eigenvalue weighted by Crippen LogP contribution is 2.28. The zero-order chi connectivity index (χ0) is 13.9. The van der Waals surface area contributed by atoms with E-state index in [1.165, 1.54) is 0 Å². The number of halogens is 4. The molecule has 0 aromatic heterocycles. The van der Waals surface area contributed by atoms with E-state index in [1.807, 2.05) is 0 Å². The van der Waals surface area contributed by atoms with Gasteiger partial charge in [0.15, 0.2) is 18.2 Å². The first-order chi connectivity index (χ1) is 8.24. The quantitative estimate of drug-likeness (QED) is 0.795. The first kappa shape index (κ1) is 14.8. The minimum atomic E-state index is -3.07. The Morgan fingerprint density at radius 2 is 2.06 bits per heavy atom. The van der Waals surface area contributed by atoms with Gasteiger partial charge in [-0.2, -0.15) is 0 Å². The van der Waals surface area contributed by atoms with Crippen LogP contribution in [0.25, 0.3) is 0 Å². The molecule has 0 heterocycles. The molecule has 0 aliphatic carbocycles. The van der Waals surface area contributed by atoms with E-state index in [-0.39, 0.29) is 15.8 Å². The second-order valence-corrected chi connectivity index (χ2v) is 4.47. The van der Waals surface area contributed by atoms with Gasteiger partial charge >= 0.3 is 5.97 Å². The molecule has 7 heteroatoms. The lowest BCUT2D eigenvalue weighted by molar-refractivity contribution is -0.0239. The summed E-state index contributed by atoms with van der Waals surface area (Å²) < 4.78 is 47.9. The minimum Gasteiger partial charge on any atom is -0.484 e. The monoisotopic (exact) mass is 326 g/mol. The molecule has 0 bridgehead atoms. The Hall–Kier alpha value is -1.24. The van der Waals surface area contributed by atoms with Gasteiger partial charge in [0, 0.05) is 11.4 Å². The summed E-state index contributed by atoms with van der Waals surface area (Å²) in [5.74, 6) is -5.09. The van der Waals surface area contributed by atoms with Crippen LogP contribution in [-0.2, 0) is 4.74 Å². The maximum atomic E-state index is 13.5. The fourth-order valence-corrected chi connectivity index (χ4v) is 1.59. The van der Waals surface area contributed by atoms with Crippen molar-refractivity contribution in [2.75, 3.05) is 13.7 Å². The van der Waals surface area contributed by atoms with Gasteiger partial charge in [0.25, 0.3) is 5.92 Å². The van der Waals surface area contributed by atoms with Crippen LogP contribution >= 0.6 is 15.9 Å². The van der Waals surface area contributed by atoms with E-state index in [0.717, 1.165) is 19.2 Å². The second kappa shape index (κ2) is 5.60. The van der Waals surface area contributed by atoms with Gasteiger partial charge in [-0.15, -0.1) is 0 Å². The van der Waals surface area contributed by atoms with Gasteiger partial charge in [-0.05, 0) is 28.1 Å². The largest absolute Gasteiger partial charge is 0.484 e. The zero-order valence-electron chi connectivity index (χ0n) is 9.60. The van der Waals surface area contributed by atoms with Gasteiger partial charge in [0.2, 0.25) is 0 Å². The van der Waals surface area contributed by atoms with Crippen LogP contribution in [0.4, 0.5) is 13.2 Å². The van der Waals surface area contributed by atoms with Crippen molar-refractivity contribution in [3.05, 3.63) is 28.0 Å². The third-order valence-electron chi connectivity index (χ3n) is 1.91. The SMILES string of the molecule is COC(=O)c1cc(F)c(OCC(C)(F)F)cc1Br. The van der Waals surface area contributed by atoms with Crippen LogP contribution in [0.5, 0.6) is 5.75 Å².